The molecule has 1 aliphatic rings. The van der Waals surface area contributed by atoms with Crippen molar-refractivity contribution < 1.29 is 4.79 Å². The molecule has 3 rings (SSSR count). The topological polar surface area (TPSA) is 32.3 Å². The molecule has 0 spiro atoms. The highest BCUT2D eigenvalue weighted by atomic mass is 79.9. The number of likely N-dealkylation sites (tertiary alicyclic amines) is 1. The molecule has 23 heavy (non-hydrogen) atoms. The summed E-state index contributed by atoms with van der Waals surface area (Å²) in [6.07, 6.45) is 2.64. The number of benzene rings is 2. The summed E-state index contributed by atoms with van der Waals surface area (Å²) >= 11 is 3.41. The Balaban J connectivity index is 1.54. The normalized spacial score (nSPS) is 14.8. The van der Waals surface area contributed by atoms with Gasteiger partial charge in [-0.05, 0) is 65.1 Å². The van der Waals surface area contributed by atoms with Crippen molar-refractivity contribution in [2.45, 2.75) is 25.9 Å². The van der Waals surface area contributed by atoms with Gasteiger partial charge in [0.2, 0.25) is 0 Å². The van der Waals surface area contributed by atoms with Crippen LogP contribution in [0.1, 0.15) is 34.3 Å². The maximum Gasteiger partial charge on any atom is 0.252 e. The van der Waals surface area contributed by atoms with E-state index in [-0.39, 0.29) is 5.91 Å². The first-order valence-corrected chi connectivity index (χ1v) is 8.84. The lowest BCUT2D eigenvalue weighted by Crippen LogP contribution is -2.23. The predicted molar refractivity (Wildman–Crippen MR) is 96.3 cm³/mol. The minimum Gasteiger partial charge on any atom is -0.348 e. The molecule has 0 aromatic heterocycles. The number of nitrogens with one attached hydrogen (secondary N) is 1. The molecule has 0 aliphatic carbocycles. The molecule has 2 aromatic carbocycles. The van der Waals surface area contributed by atoms with E-state index in [1.807, 2.05) is 24.3 Å². The Bertz CT molecular complexity index is 663. The summed E-state index contributed by atoms with van der Waals surface area (Å²) < 4.78 is 0.818. The van der Waals surface area contributed by atoms with Crippen molar-refractivity contribution in [1.82, 2.24) is 10.2 Å². The minimum atomic E-state index is -0.0568. The van der Waals surface area contributed by atoms with E-state index in [0.717, 1.165) is 16.6 Å². The van der Waals surface area contributed by atoms with E-state index >= 15 is 0 Å². The van der Waals surface area contributed by atoms with E-state index in [9.17, 15) is 4.79 Å². The number of halogens is 1. The molecule has 0 saturated carbocycles. The third-order valence-electron chi connectivity index (χ3n) is 4.20. The van der Waals surface area contributed by atoms with E-state index in [1.165, 1.54) is 31.5 Å². The Labute approximate surface area is 145 Å². The third kappa shape index (κ3) is 4.43. The molecule has 1 N–H and O–H groups in total. The average Bonchev–Trinajstić information content (AvgIpc) is 3.07. The molecule has 1 heterocycles. The van der Waals surface area contributed by atoms with Crippen molar-refractivity contribution in [2.24, 2.45) is 0 Å². The molecular weight excluding hydrogens is 352 g/mol. The Morgan fingerprint density at radius 3 is 2.35 bits per heavy atom. The van der Waals surface area contributed by atoms with E-state index in [4.69, 9.17) is 0 Å². The van der Waals surface area contributed by atoms with Crippen molar-refractivity contribution in [1.29, 1.82) is 0 Å². The van der Waals surface area contributed by atoms with E-state index < -0.39 is 0 Å². The van der Waals surface area contributed by atoms with Crippen LogP contribution < -0.4 is 5.32 Å². The quantitative estimate of drug-likeness (QED) is 0.860. The summed E-state index contributed by atoms with van der Waals surface area (Å²) in [5.74, 6) is -0.0568. The van der Waals surface area contributed by atoms with Crippen LogP contribution in [0, 0.1) is 0 Å². The van der Waals surface area contributed by atoms with Crippen LogP contribution in [0.5, 0.6) is 0 Å². The zero-order chi connectivity index (χ0) is 16.1. The average molecular weight is 373 g/mol. The van der Waals surface area contributed by atoms with Crippen molar-refractivity contribution in [2.75, 3.05) is 13.1 Å². The first kappa shape index (κ1) is 16.2. The van der Waals surface area contributed by atoms with Gasteiger partial charge in [-0.1, -0.05) is 36.4 Å². The van der Waals surface area contributed by atoms with Gasteiger partial charge >= 0.3 is 0 Å². The SMILES string of the molecule is O=C(NCc1ccc(CN2CCCC2)cc1)c1ccccc1Br. The van der Waals surface area contributed by atoms with Crippen molar-refractivity contribution >= 4 is 21.8 Å². The fourth-order valence-electron chi connectivity index (χ4n) is 2.88. The van der Waals surface area contributed by atoms with Gasteiger partial charge in [0.05, 0.1) is 5.56 Å². The van der Waals surface area contributed by atoms with Gasteiger partial charge in [-0.2, -0.15) is 0 Å². The summed E-state index contributed by atoms with van der Waals surface area (Å²) in [6.45, 7) is 4.00. The molecule has 1 fully saturated rings. The highest BCUT2D eigenvalue weighted by Gasteiger charge is 2.12. The van der Waals surface area contributed by atoms with E-state index in [1.54, 1.807) is 0 Å². The lowest BCUT2D eigenvalue weighted by molar-refractivity contribution is 0.0950. The lowest BCUT2D eigenvalue weighted by atomic mass is 10.1. The van der Waals surface area contributed by atoms with Crippen LogP contribution in [-0.2, 0) is 13.1 Å². The molecule has 0 radical (unpaired) electrons. The van der Waals surface area contributed by atoms with Gasteiger partial charge < -0.3 is 5.32 Å². The zero-order valence-electron chi connectivity index (χ0n) is 13.1. The van der Waals surface area contributed by atoms with Crippen molar-refractivity contribution in [3.8, 4) is 0 Å². The summed E-state index contributed by atoms with van der Waals surface area (Å²) in [4.78, 5) is 14.7. The molecule has 4 heteroatoms. The Morgan fingerprint density at radius 2 is 1.65 bits per heavy atom. The van der Waals surface area contributed by atoms with Crippen molar-refractivity contribution in [3.63, 3.8) is 0 Å². The smallest absolute Gasteiger partial charge is 0.252 e. The highest BCUT2D eigenvalue weighted by molar-refractivity contribution is 9.10. The number of carbonyl (C=O) groups excluding carboxylic acids is 1. The summed E-state index contributed by atoms with van der Waals surface area (Å²) in [5, 5.41) is 2.97. The summed E-state index contributed by atoms with van der Waals surface area (Å²) in [6, 6.07) is 16.0. The molecule has 1 aliphatic heterocycles. The number of rotatable bonds is 5. The van der Waals surface area contributed by atoms with Crippen LogP contribution in [-0.4, -0.2) is 23.9 Å². The minimum absolute atomic E-state index is 0.0568. The summed E-state index contributed by atoms with van der Waals surface area (Å²) in [7, 11) is 0. The van der Waals surface area contributed by atoms with Crippen LogP contribution in [0.3, 0.4) is 0 Å². The van der Waals surface area contributed by atoms with E-state index in [2.05, 4.69) is 50.4 Å². The molecule has 0 bridgehead atoms. The van der Waals surface area contributed by atoms with Gasteiger partial charge in [-0.3, -0.25) is 9.69 Å². The number of amides is 1. The van der Waals surface area contributed by atoms with Gasteiger partial charge in [0, 0.05) is 17.6 Å². The molecule has 1 saturated heterocycles. The third-order valence-corrected chi connectivity index (χ3v) is 4.89. The van der Waals surface area contributed by atoms with Gasteiger partial charge in [-0.15, -0.1) is 0 Å². The first-order valence-electron chi connectivity index (χ1n) is 8.05. The molecule has 120 valence electrons. The van der Waals surface area contributed by atoms with Crippen LogP contribution >= 0.6 is 15.9 Å². The number of nitrogens with zero attached hydrogens (tertiary/aromatic N) is 1. The fraction of sp³-hybridized carbons (Fsp3) is 0.316. The van der Waals surface area contributed by atoms with Gasteiger partial charge in [-0.25, -0.2) is 0 Å². The van der Waals surface area contributed by atoms with Gasteiger partial charge in [0.1, 0.15) is 0 Å². The largest absolute Gasteiger partial charge is 0.348 e. The Hall–Kier alpha value is -1.65. The van der Waals surface area contributed by atoms with Crippen LogP contribution in [0.2, 0.25) is 0 Å². The monoisotopic (exact) mass is 372 g/mol. The molecule has 0 unspecified atom stereocenters. The number of hydrogen-bond acceptors (Lipinski definition) is 2. The summed E-state index contributed by atoms with van der Waals surface area (Å²) in [5.41, 5.74) is 3.13. The van der Waals surface area contributed by atoms with Crippen LogP contribution in [0.15, 0.2) is 53.0 Å². The number of hydrogen-bond donors (Lipinski definition) is 1. The Kier molecular flexibility index (Phi) is 5.47. The zero-order valence-corrected chi connectivity index (χ0v) is 14.7. The fourth-order valence-corrected chi connectivity index (χ4v) is 3.35. The van der Waals surface area contributed by atoms with E-state index in [0.29, 0.717) is 12.1 Å². The van der Waals surface area contributed by atoms with Gasteiger partial charge in [0.15, 0.2) is 0 Å². The molecule has 3 nitrogen and oxygen atoms in total. The standard InChI is InChI=1S/C19H21BrN2O/c20-18-6-2-1-5-17(18)19(23)21-13-15-7-9-16(10-8-15)14-22-11-3-4-12-22/h1-2,5-10H,3-4,11-14H2,(H,21,23). The molecular formula is C19H21BrN2O. The number of carbonyl (C=O) groups is 1. The van der Waals surface area contributed by atoms with Crippen molar-refractivity contribution in [3.05, 3.63) is 69.7 Å². The molecule has 1 amide bonds. The lowest BCUT2D eigenvalue weighted by Gasteiger charge is -2.14. The second-order valence-electron chi connectivity index (χ2n) is 5.96. The first-order chi connectivity index (χ1) is 11.2. The highest BCUT2D eigenvalue weighted by Crippen LogP contribution is 2.16. The molecule has 2 aromatic rings. The van der Waals surface area contributed by atoms with Crippen LogP contribution in [0.4, 0.5) is 0 Å². The second-order valence-corrected chi connectivity index (χ2v) is 6.82. The maximum atomic E-state index is 12.2. The Morgan fingerprint density at radius 1 is 1.00 bits per heavy atom. The predicted octanol–water partition coefficient (Wildman–Crippen LogP) is 3.97. The second kappa shape index (κ2) is 7.75. The van der Waals surface area contributed by atoms with Gasteiger partial charge in [0.25, 0.3) is 5.91 Å². The van der Waals surface area contributed by atoms with Crippen LogP contribution in [0.25, 0.3) is 0 Å². The maximum absolute atomic E-state index is 12.2. The molecule has 0 atom stereocenters.